The van der Waals surface area contributed by atoms with E-state index >= 15 is 0 Å². The molecule has 1 heterocycles. The van der Waals surface area contributed by atoms with Crippen LogP contribution in [0.15, 0.2) is 28.6 Å². The predicted octanol–water partition coefficient (Wildman–Crippen LogP) is 3.13. The molecular weight excluding hydrogens is 224 g/mol. The highest BCUT2D eigenvalue weighted by atomic mass is 32.2. The molecule has 0 bridgehead atoms. The molecule has 0 aliphatic carbocycles. The van der Waals surface area contributed by atoms with Crippen molar-refractivity contribution in [2.24, 2.45) is 5.73 Å². The Balaban J connectivity index is 2.09. The molecule has 0 aliphatic heterocycles. The van der Waals surface area contributed by atoms with Gasteiger partial charge in [0.05, 0.1) is 10.2 Å². The highest BCUT2D eigenvalue weighted by Gasteiger charge is 2.05. The maximum atomic E-state index is 5.87. The smallest absolute Gasteiger partial charge is 0.151 e. The molecule has 0 radical (unpaired) electrons. The second-order valence-electron chi connectivity index (χ2n) is 3.43. The Morgan fingerprint density at radius 1 is 1.47 bits per heavy atom. The molecule has 1 atom stereocenters. The number of thiazole rings is 1. The Kier molecular flexibility index (Phi) is 3.61. The van der Waals surface area contributed by atoms with Crippen molar-refractivity contribution in [3.05, 3.63) is 24.3 Å². The number of hydrogen-bond acceptors (Lipinski definition) is 4. The molecule has 1 unspecified atom stereocenters. The van der Waals surface area contributed by atoms with Gasteiger partial charge in [-0.15, -0.1) is 11.3 Å². The molecule has 2 aromatic rings. The van der Waals surface area contributed by atoms with Crippen molar-refractivity contribution in [2.45, 2.75) is 23.7 Å². The van der Waals surface area contributed by atoms with Crippen LogP contribution in [0, 0.1) is 0 Å². The molecule has 0 aliphatic rings. The highest BCUT2D eigenvalue weighted by molar-refractivity contribution is 8.01. The summed E-state index contributed by atoms with van der Waals surface area (Å²) in [6.45, 7) is 2.11. The van der Waals surface area contributed by atoms with Crippen molar-refractivity contribution in [3.8, 4) is 0 Å². The van der Waals surface area contributed by atoms with E-state index in [2.05, 4.69) is 24.0 Å². The molecule has 15 heavy (non-hydrogen) atoms. The van der Waals surface area contributed by atoms with Crippen LogP contribution in [-0.2, 0) is 0 Å². The monoisotopic (exact) mass is 238 g/mol. The molecule has 2 N–H and O–H groups in total. The first-order valence-corrected chi connectivity index (χ1v) is 6.83. The van der Waals surface area contributed by atoms with Crippen LogP contribution in [0.1, 0.15) is 13.3 Å². The van der Waals surface area contributed by atoms with E-state index in [9.17, 15) is 0 Å². The SMILES string of the molecule is CCC(N)CSc1nc2ccccc2s1. The number of fused-ring (bicyclic) bond motifs is 1. The summed E-state index contributed by atoms with van der Waals surface area (Å²) in [5.74, 6) is 0.955. The van der Waals surface area contributed by atoms with Crippen LogP contribution in [-0.4, -0.2) is 16.8 Å². The molecule has 0 spiro atoms. The van der Waals surface area contributed by atoms with Crippen LogP contribution in [0.2, 0.25) is 0 Å². The second-order valence-corrected chi connectivity index (χ2v) is 5.72. The molecule has 1 aromatic heterocycles. The maximum Gasteiger partial charge on any atom is 0.151 e. The van der Waals surface area contributed by atoms with E-state index < -0.39 is 0 Å². The van der Waals surface area contributed by atoms with Gasteiger partial charge in [0, 0.05) is 11.8 Å². The molecular formula is C11H14N2S2. The summed E-state index contributed by atoms with van der Waals surface area (Å²) in [6, 6.07) is 8.51. The number of para-hydroxylation sites is 1. The van der Waals surface area contributed by atoms with Gasteiger partial charge in [-0.05, 0) is 18.6 Å². The molecule has 2 rings (SSSR count). The zero-order chi connectivity index (χ0) is 10.7. The summed E-state index contributed by atoms with van der Waals surface area (Å²) in [7, 11) is 0. The van der Waals surface area contributed by atoms with Gasteiger partial charge in [-0.25, -0.2) is 4.98 Å². The van der Waals surface area contributed by atoms with Crippen LogP contribution < -0.4 is 5.73 Å². The van der Waals surface area contributed by atoms with Gasteiger partial charge in [0.15, 0.2) is 4.34 Å². The maximum absolute atomic E-state index is 5.87. The molecule has 2 nitrogen and oxygen atoms in total. The zero-order valence-electron chi connectivity index (χ0n) is 8.64. The fourth-order valence-electron chi connectivity index (χ4n) is 1.21. The van der Waals surface area contributed by atoms with E-state index in [1.807, 2.05) is 12.1 Å². The van der Waals surface area contributed by atoms with Gasteiger partial charge in [0.1, 0.15) is 0 Å². The Morgan fingerprint density at radius 2 is 2.27 bits per heavy atom. The van der Waals surface area contributed by atoms with E-state index in [1.165, 1.54) is 4.70 Å². The minimum absolute atomic E-state index is 0.280. The van der Waals surface area contributed by atoms with E-state index in [0.29, 0.717) is 0 Å². The molecule has 0 saturated carbocycles. The summed E-state index contributed by atoms with van der Waals surface area (Å²) in [6.07, 6.45) is 1.03. The summed E-state index contributed by atoms with van der Waals surface area (Å²) in [5, 5.41) is 0. The van der Waals surface area contributed by atoms with Crippen LogP contribution >= 0.6 is 23.1 Å². The summed E-state index contributed by atoms with van der Waals surface area (Å²) < 4.78 is 2.38. The Hall–Kier alpha value is -0.580. The Labute approximate surface area is 97.9 Å². The van der Waals surface area contributed by atoms with E-state index in [-0.39, 0.29) is 6.04 Å². The highest BCUT2D eigenvalue weighted by Crippen LogP contribution is 2.29. The van der Waals surface area contributed by atoms with Gasteiger partial charge in [0.25, 0.3) is 0 Å². The molecule has 4 heteroatoms. The van der Waals surface area contributed by atoms with Crippen molar-refractivity contribution < 1.29 is 0 Å². The summed E-state index contributed by atoms with van der Waals surface area (Å²) in [4.78, 5) is 4.54. The number of benzene rings is 1. The minimum Gasteiger partial charge on any atom is -0.327 e. The number of hydrogen-bond donors (Lipinski definition) is 1. The van der Waals surface area contributed by atoms with Crippen molar-refractivity contribution in [1.29, 1.82) is 0 Å². The lowest BCUT2D eigenvalue weighted by Gasteiger charge is -2.04. The number of rotatable bonds is 4. The van der Waals surface area contributed by atoms with Crippen molar-refractivity contribution >= 4 is 33.3 Å². The largest absolute Gasteiger partial charge is 0.327 e. The molecule has 0 saturated heterocycles. The van der Waals surface area contributed by atoms with Gasteiger partial charge in [-0.3, -0.25) is 0 Å². The predicted molar refractivity (Wildman–Crippen MR) is 68.6 cm³/mol. The fraction of sp³-hybridized carbons (Fsp3) is 0.364. The van der Waals surface area contributed by atoms with Gasteiger partial charge in [-0.1, -0.05) is 30.8 Å². The van der Waals surface area contributed by atoms with E-state index in [1.54, 1.807) is 23.1 Å². The summed E-state index contributed by atoms with van der Waals surface area (Å²) >= 11 is 3.51. The molecule has 80 valence electrons. The van der Waals surface area contributed by atoms with Gasteiger partial charge < -0.3 is 5.73 Å². The lowest BCUT2D eigenvalue weighted by Crippen LogP contribution is -2.21. The third-order valence-electron chi connectivity index (χ3n) is 2.22. The summed E-state index contributed by atoms with van der Waals surface area (Å²) in [5.41, 5.74) is 6.96. The van der Waals surface area contributed by atoms with E-state index in [0.717, 1.165) is 22.0 Å². The first-order valence-electron chi connectivity index (χ1n) is 5.03. The van der Waals surface area contributed by atoms with Crippen molar-refractivity contribution in [3.63, 3.8) is 0 Å². The fourth-order valence-corrected chi connectivity index (χ4v) is 3.37. The van der Waals surface area contributed by atoms with Gasteiger partial charge >= 0.3 is 0 Å². The average Bonchev–Trinajstić information content (AvgIpc) is 2.68. The third kappa shape index (κ3) is 2.71. The van der Waals surface area contributed by atoms with E-state index in [4.69, 9.17) is 5.73 Å². The Bertz CT molecular complexity index is 406. The van der Waals surface area contributed by atoms with Crippen LogP contribution in [0.25, 0.3) is 10.2 Å². The topological polar surface area (TPSA) is 38.9 Å². The zero-order valence-corrected chi connectivity index (χ0v) is 10.3. The first kappa shape index (κ1) is 10.9. The van der Waals surface area contributed by atoms with Crippen LogP contribution in [0.5, 0.6) is 0 Å². The molecule has 0 fully saturated rings. The first-order chi connectivity index (χ1) is 7.29. The second kappa shape index (κ2) is 4.96. The Morgan fingerprint density at radius 3 is 3.00 bits per heavy atom. The molecule has 0 amide bonds. The lowest BCUT2D eigenvalue weighted by atomic mass is 10.3. The number of nitrogens with two attached hydrogens (primary N) is 1. The normalized spacial score (nSPS) is 13.2. The van der Waals surface area contributed by atoms with Gasteiger partial charge in [0.2, 0.25) is 0 Å². The minimum atomic E-state index is 0.280. The number of nitrogens with zero attached hydrogens (tertiary/aromatic N) is 1. The van der Waals surface area contributed by atoms with Gasteiger partial charge in [-0.2, -0.15) is 0 Å². The molecule has 1 aromatic carbocycles. The quantitative estimate of drug-likeness (QED) is 0.832. The average molecular weight is 238 g/mol. The number of aromatic nitrogens is 1. The van der Waals surface area contributed by atoms with Crippen molar-refractivity contribution in [1.82, 2.24) is 4.98 Å². The lowest BCUT2D eigenvalue weighted by molar-refractivity contribution is 0.725. The van der Waals surface area contributed by atoms with Crippen LogP contribution in [0.3, 0.4) is 0 Å². The third-order valence-corrected chi connectivity index (χ3v) is 4.59. The number of thioether (sulfide) groups is 1. The standard InChI is InChI=1S/C11H14N2S2/c1-2-8(12)7-14-11-13-9-5-3-4-6-10(9)15-11/h3-6,8H,2,7,12H2,1H3. The van der Waals surface area contributed by atoms with Crippen LogP contribution in [0.4, 0.5) is 0 Å². The van der Waals surface area contributed by atoms with Crippen molar-refractivity contribution in [2.75, 3.05) is 5.75 Å².